The molecule has 160 valence electrons. The molecule has 0 saturated carbocycles. The van der Waals surface area contributed by atoms with Gasteiger partial charge in [0.15, 0.2) is 5.82 Å². The second kappa shape index (κ2) is 7.98. The zero-order valence-electron chi connectivity index (χ0n) is 16.4. The summed E-state index contributed by atoms with van der Waals surface area (Å²) < 4.78 is 53.2. The van der Waals surface area contributed by atoms with E-state index in [0.717, 1.165) is 23.9 Å². The van der Waals surface area contributed by atoms with Gasteiger partial charge in [-0.3, -0.25) is 9.88 Å². The fourth-order valence-corrected chi connectivity index (χ4v) is 3.52. The lowest BCUT2D eigenvalue weighted by Gasteiger charge is -2.32. The maximum atomic E-state index is 13.9. The Balaban J connectivity index is 1.70. The standard InChI is InChI=1S/C22H18F4N4O/c1-13-8-10-30(21(31)29-19-7-9-27-12-17(19)23)20-16(13)5-6-18(28-20)14-3-2-4-15(11-14)22(24,25)26/h2-7,9,11-13H,8,10H2,1H3,(H,27,29,31). The predicted molar refractivity (Wildman–Crippen MR) is 108 cm³/mol. The number of urea groups is 1. The van der Waals surface area contributed by atoms with Gasteiger partial charge in [-0.05, 0) is 42.2 Å². The van der Waals surface area contributed by atoms with Crippen LogP contribution in [0.3, 0.4) is 0 Å². The van der Waals surface area contributed by atoms with Crippen molar-refractivity contribution in [1.29, 1.82) is 0 Å². The van der Waals surface area contributed by atoms with Crippen LogP contribution < -0.4 is 10.2 Å². The molecule has 1 N–H and O–H groups in total. The Bertz CT molecular complexity index is 1130. The number of hydrogen-bond acceptors (Lipinski definition) is 3. The van der Waals surface area contributed by atoms with Crippen LogP contribution in [0.1, 0.15) is 30.4 Å². The van der Waals surface area contributed by atoms with E-state index in [9.17, 15) is 22.4 Å². The highest BCUT2D eigenvalue weighted by atomic mass is 19.4. The number of alkyl halides is 3. The van der Waals surface area contributed by atoms with Gasteiger partial charge in [-0.2, -0.15) is 13.2 Å². The molecule has 3 aromatic rings. The summed E-state index contributed by atoms with van der Waals surface area (Å²) in [7, 11) is 0. The molecular formula is C22H18F4N4O. The number of carbonyl (C=O) groups is 1. The van der Waals surface area contributed by atoms with Crippen LogP contribution in [0.5, 0.6) is 0 Å². The quantitative estimate of drug-likeness (QED) is 0.519. The Kier molecular flexibility index (Phi) is 5.34. The van der Waals surface area contributed by atoms with E-state index in [4.69, 9.17) is 0 Å². The van der Waals surface area contributed by atoms with Crippen LogP contribution in [-0.2, 0) is 6.18 Å². The third kappa shape index (κ3) is 4.21. The van der Waals surface area contributed by atoms with Gasteiger partial charge in [0, 0.05) is 18.3 Å². The summed E-state index contributed by atoms with van der Waals surface area (Å²) in [4.78, 5) is 22.4. The van der Waals surface area contributed by atoms with E-state index in [2.05, 4.69) is 15.3 Å². The molecule has 1 unspecified atom stereocenters. The highest BCUT2D eigenvalue weighted by Crippen LogP contribution is 2.37. The molecular weight excluding hydrogens is 412 g/mol. The number of fused-ring (bicyclic) bond motifs is 1. The number of benzene rings is 1. The first-order valence-corrected chi connectivity index (χ1v) is 9.60. The highest BCUT2D eigenvalue weighted by molar-refractivity contribution is 6.02. The number of pyridine rings is 2. The average molecular weight is 430 g/mol. The average Bonchev–Trinajstić information content (AvgIpc) is 2.75. The van der Waals surface area contributed by atoms with Gasteiger partial charge >= 0.3 is 12.2 Å². The van der Waals surface area contributed by atoms with Gasteiger partial charge in [0.25, 0.3) is 0 Å². The van der Waals surface area contributed by atoms with E-state index in [-0.39, 0.29) is 17.2 Å². The second-order valence-corrected chi connectivity index (χ2v) is 7.31. The number of nitrogens with one attached hydrogen (secondary N) is 1. The summed E-state index contributed by atoms with van der Waals surface area (Å²) in [6.07, 6.45) is -1.45. The van der Waals surface area contributed by atoms with Gasteiger partial charge in [-0.15, -0.1) is 0 Å². The van der Waals surface area contributed by atoms with E-state index in [1.807, 2.05) is 6.92 Å². The fraction of sp³-hybridized carbons (Fsp3) is 0.227. The Morgan fingerprint density at radius 2 is 2.00 bits per heavy atom. The van der Waals surface area contributed by atoms with Crippen molar-refractivity contribution in [2.24, 2.45) is 0 Å². The summed E-state index contributed by atoms with van der Waals surface area (Å²) in [5.41, 5.74) is 0.602. The minimum atomic E-state index is -4.47. The van der Waals surface area contributed by atoms with Crippen molar-refractivity contribution in [3.63, 3.8) is 0 Å². The number of carbonyl (C=O) groups excluding carboxylic acids is 1. The summed E-state index contributed by atoms with van der Waals surface area (Å²) in [5, 5.41) is 2.51. The smallest absolute Gasteiger partial charge is 0.305 e. The summed E-state index contributed by atoms with van der Waals surface area (Å²) in [6.45, 7) is 2.33. The van der Waals surface area contributed by atoms with Crippen molar-refractivity contribution >= 4 is 17.5 Å². The van der Waals surface area contributed by atoms with Crippen LogP contribution >= 0.6 is 0 Å². The molecule has 2 amide bonds. The third-order valence-electron chi connectivity index (χ3n) is 5.22. The topological polar surface area (TPSA) is 58.1 Å². The van der Waals surface area contributed by atoms with Gasteiger partial charge in [0.05, 0.1) is 23.1 Å². The van der Waals surface area contributed by atoms with Crippen LogP contribution in [-0.4, -0.2) is 22.5 Å². The number of aromatic nitrogens is 2. The molecule has 0 bridgehead atoms. The van der Waals surface area contributed by atoms with Gasteiger partial charge in [0.1, 0.15) is 5.82 Å². The Labute approximate surface area is 175 Å². The molecule has 1 atom stereocenters. The van der Waals surface area contributed by atoms with Gasteiger partial charge in [0.2, 0.25) is 0 Å². The molecule has 3 heterocycles. The number of hydrogen-bond donors (Lipinski definition) is 1. The molecule has 1 aromatic carbocycles. The molecule has 1 aliphatic heterocycles. The Hall–Kier alpha value is -3.49. The Morgan fingerprint density at radius 3 is 2.74 bits per heavy atom. The maximum Gasteiger partial charge on any atom is 0.416 e. The first-order valence-electron chi connectivity index (χ1n) is 9.60. The summed E-state index contributed by atoms with van der Waals surface area (Å²) in [6, 6.07) is 9.06. The lowest BCUT2D eigenvalue weighted by atomic mass is 9.93. The fourth-order valence-electron chi connectivity index (χ4n) is 3.52. The van der Waals surface area contributed by atoms with Crippen molar-refractivity contribution < 1.29 is 22.4 Å². The predicted octanol–water partition coefficient (Wildman–Crippen LogP) is 5.85. The molecule has 0 radical (unpaired) electrons. The third-order valence-corrected chi connectivity index (χ3v) is 5.22. The minimum absolute atomic E-state index is 0.0193. The van der Waals surface area contributed by atoms with Crippen molar-refractivity contribution in [3.05, 3.63) is 71.8 Å². The second-order valence-electron chi connectivity index (χ2n) is 7.31. The van der Waals surface area contributed by atoms with Gasteiger partial charge < -0.3 is 5.32 Å². The molecule has 31 heavy (non-hydrogen) atoms. The van der Waals surface area contributed by atoms with Crippen molar-refractivity contribution in [2.45, 2.75) is 25.4 Å². The molecule has 9 heteroatoms. The number of anilines is 2. The number of nitrogens with zero attached hydrogens (tertiary/aromatic N) is 3. The van der Waals surface area contributed by atoms with E-state index >= 15 is 0 Å². The molecule has 0 aliphatic carbocycles. The first kappa shape index (κ1) is 20.8. The van der Waals surface area contributed by atoms with E-state index in [0.29, 0.717) is 24.5 Å². The molecule has 0 fully saturated rings. The molecule has 4 rings (SSSR count). The molecule has 0 saturated heterocycles. The molecule has 0 spiro atoms. The Morgan fingerprint density at radius 1 is 1.19 bits per heavy atom. The number of halogens is 4. The number of rotatable bonds is 2. The van der Waals surface area contributed by atoms with E-state index < -0.39 is 23.6 Å². The molecule has 2 aromatic heterocycles. The lowest BCUT2D eigenvalue weighted by Crippen LogP contribution is -2.40. The van der Waals surface area contributed by atoms with Crippen molar-refractivity contribution in [1.82, 2.24) is 9.97 Å². The van der Waals surface area contributed by atoms with E-state index in [1.165, 1.54) is 29.3 Å². The SMILES string of the molecule is CC1CCN(C(=O)Nc2ccncc2F)c2nc(-c3cccc(C(F)(F)F)c3)ccc21. The van der Waals surface area contributed by atoms with Crippen LogP contribution in [0.25, 0.3) is 11.3 Å². The van der Waals surface area contributed by atoms with Crippen LogP contribution in [0, 0.1) is 5.82 Å². The van der Waals surface area contributed by atoms with Gasteiger partial charge in [-0.25, -0.2) is 14.2 Å². The number of amides is 2. The maximum absolute atomic E-state index is 13.9. The summed E-state index contributed by atoms with van der Waals surface area (Å²) >= 11 is 0. The highest BCUT2D eigenvalue weighted by Gasteiger charge is 2.31. The molecule has 5 nitrogen and oxygen atoms in total. The van der Waals surface area contributed by atoms with Crippen LogP contribution in [0.2, 0.25) is 0 Å². The van der Waals surface area contributed by atoms with E-state index in [1.54, 1.807) is 12.1 Å². The zero-order valence-corrected chi connectivity index (χ0v) is 16.4. The normalized spacial score (nSPS) is 16.0. The summed E-state index contributed by atoms with van der Waals surface area (Å²) in [5.74, 6) is -0.215. The largest absolute Gasteiger partial charge is 0.416 e. The van der Waals surface area contributed by atoms with Crippen LogP contribution in [0.15, 0.2) is 54.9 Å². The first-order chi connectivity index (χ1) is 14.7. The lowest BCUT2D eigenvalue weighted by molar-refractivity contribution is -0.137. The monoisotopic (exact) mass is 430 g/mol. The van der Waals surface area contributed by atoms with Gasteiger partial charge in [-0.1, -0.05) is 25.1 Å². The van der Waals surface area contributed by atoms with Crippen molar-refractivity contribution in [2.75, 3.05) is 16.8 Å². The van der Waals surface area contributed by atoms with Crippen molar-refractivity contribution in [3.8, 4) is 11.3 Å². The molecule has 1 aliphatic rings. The van der Waals surface area contributed by atoms with Crippen LogP contribution in [0.4, 0.5) is 33.9 Å². The zero-order chi connectivity index (χ0) is 22.2. The minimum Gasteiger partial charge on any atom is -0.305 e.